The molecule has 1 fully saturated rings. The Labute approximate surface area is 214 Å². The molecule has 0 amide bonds. The zero-order valence-corrected chi connectivity index (χ0v) is 20.9. The highest BCUT2D eigenvalue weighted by molar-refractivity contribution is 5.84. The first-order valence-corrected chi connectivity index (χ1v) is 12.6. The number of nitrogens with one attached hydrogen (secondary N) is 1. The van der Waals surface area contributed by atoms with Gasteiger partial charge in [-0.15, -0.1) is 0 Å². The molecule has 1 aromatic heterocycles. The number of pyridine rings is 1. The highest BCUT2D eigenvalue weighted by atomic mass is 19.2. The molecule has 0 radical (unpaired) electrons. The molecule has 4 rings (SSSR count). The third kappa shape index (κ3) is 6.17. The van der Waals surface area contributed by atoms with Gasteiger partial charge in [-0.3, -0.25) is 4.98 Å². The number of nitrogens with zero attached hydrogens (tertiary/aromatic N) is 1. The van der Waals surface area contributed by atoms with E-state index in [-0.39, 0.29) is 30.8 Å². The molecule has 1 aliphatic heterocycles. The molecule has 6 nitrogen and oxygen atoms in total. The van der Waals surface area contributed by atoms with Gasteiger partial charge in [0, 0.05) is 30.1 Å². The quantitative estimate of drug-likeness (QED) is 0.320. The van der Waals surface area contributed by atoms with E-state index in [1.54, 1.807) is 13.3 Å². The fourth-order valence-corrected chi connectivity index (χ4v) is 5.33. The van der Waals surface area contributed by atoms with Gasteiger partial charge in [0.05, 0.1) is 31.9 Å². The number of hydrogen-bond acceptors (Lipinski definition) is 6. The summed E-state index contributed by atoms with van der Waals surface area (Å²) in [6.45, 7) is 1.49. The molecule has 2 heterocycles. The van der Waals surface area contributed by atoms with Crippen LogP contribution < -0.4 is 14.8 Å². The average Bonchev–Trinajstić information content (AvgIpc) is 2.91. The minimum absolute atomic E-state index is 0.0459. The van der Waals surface area contributed by atoms with Gasteiger partial charge >= 0.3 is 0 Å². The summed E-state index contributed by atoms with van der Waals surface area (Å²) in [5.41, 5.74) is 2.28. The lowest BCUT2D eigenvalue weighted by molar-refractivity contribution is -0.0189. The number of ether oxygens (including phenoxy) is 2. The number of aliphatic hydroxyl groups is 2. The molecule has 1 atom stereocenters. The lowest BCUT2D eigenvalue weighted by Crippen LogP contribution is -2.45. The summed E-state index contributed by atoms with van der Waals surface area (Å²) < 4.78 is 51.0. The number of fused-ring (bicyclic) bond motifs is 1. The van der Waals surface area contributed by atoms with Crippen LogP contribution in [0, 0.1) is 22.9 Å². The Morgan fingerprint density at radius 3 is 2.49 bits per heavy atom. The molecule has 3 aromatic rings. The number of rotatable bonds is 11. The largest absolute Gasteiger partial charge is 0.497 e. The Balaban J connectivity index is 1.44. The van der Waals surface area contributed by atoms with Crippen LogP contribution in [0.3, 0.4) is 0 Å². The van der Waals surface area contributed by atoms with Crippen LogP contribution >= 0.6 is 0 Å². The Hall–Kier alpha value is -2.88. The number of piperidine rings is 1. The van der Waals surface area contributed by atoms with Crippen LogP contribution in [0.1, 0.15) is 43.2 Å². The first kappa shape index (κ1) is 27.2. The molecule has 3 N–H and O–H groups in total. The van der Waals surface area contributed by atoms with Crippen LogP contribution in [0.25, 0.3) is 10.9 Å². The van der Waals surface area contributed by atoms with Crippen LogP contribution in [0.2, 0.25) is 0 Å². The SMILES string of the molecule is COc1ccc2ncc(CO)c(CCCC3(C(O)CCOc4cc(F)c(F)c(F)c4)CCNCC3)c2c1. The average molecular weight is 519 g/mol. The Morgan fingerprint density at radius 2 is 1.81 bits per heavy atom. The second-order valence-corrected chi connectivity index (χ2v) is 9.62. The summed E-state index contributed by atoms with van der Waals surface area (Å²) in [5.74, 6) is -3.55. The standard InChI is InChI=1S/C28H33F3N2O4/c1-36-19-4-5-25-22(13-19)21(18(17-34)16-33-25)3-2-7-28(8-10-32-11-9-28)26(35)6-12-37-20-14-23(29)27(31)24(30)15-20/h4-5,13-16,26,32,34-35H,2-3,6-12,17H2,1H3. The summed E-state index contributed by atoms with van der Waals surface area (Å²) >= 11 is 0. The van der Waals surface area contributed by atoms with E-state index in [9.17, 15) is 23.4 Å². The third-order valence-electron chi connectivity index (χ3n) is 7.47. The zero-order chi connectivity index (χ0) is 26.4. The van der Waals surface area contributed by atoms with Gasteiger partial charge in [-0.25, -0.2) is 13.2 Å². The molecule has 0 spiro atoms. The molecule has 1 aliphatic rings. The molecule has 1 saturated heterocycles. The van der Waals surface area contributed by atoms with E-state index in [1.165, 1.54) is 0 Å². The molecule has 37 heavy (non-hydrogen) atoms. The van der Waals surface area contributed by atoms with Crippen LogP contribution in [0.4, 0.5) is 13.2 Å². The summed E-state index contributed by atoms with van der Waals surface area (Å²) in [6.07, 6.45) is 5.11. The number of benzene rings is 2. The third-order valence-corrected chi connectivity index (χ3v) is 7.47. The topological polar surface area (TPSA) is 83.8 Å². The van der Waals surface area contributed by atoms with Crippen molar-refractivity contribution in [1.29, 1.82) is 0 Å². The van der Waals surface area contributed by atoms with E-state index >= 15 is 0 Å². The van der Waals surface area contributed by atoms with Crippen LogP contribution in [0.15, 0.2) is 36.5 Å². The van der Waals surface area contributed by atoms with Crippen molar-refractivity contribution in [2.24, 2.45) is 5.41 Å². The van der Waals surface area contributed by atoms with E-state index in [0.29, 0.717) is 6.42 Å². The maximum Gasteiger partial charge on any atom is 0.194 e. The summed E-state index contributed by atoms with van der Waals surface area (Å²) in [5, 5.41) is 25.4. The van der Waals surface area contributed by atoms with Gasteiger partial charge in [0.15, 0.2) is 17.5 Å². The first-order valence-electron chi connectivity index (χ1n) is 12.6. The zero-order valence-electron chi connectivity index (χ0n) is 20.9. The molecule has 0 bridgehead atoms. The lowest BCUT2D eigenvalue weighted by atomic mass is 9.69. The van der Waals surface area contributed by atoms with E-state index in [0.717, 1.165) is 78.7 Å². The van der Waals surface area contributed by atoms with Gasteiger partial charge in [0.1, 0.15) is 11.5 Å². The Bertz CT molecular complexity index is 1190. The van der Waals surface area contributed by atoms with Crippen LogP contribution in [0.5, 0.6) is 11.5 Å². The predicted octanol–water partition coefficient (Wildman–Crippen LogP) is 4.68. The normalized spacial score (nSPS) is 16.1. The van der Waals surface area contributed by atoms with Gasteiger partial charge in [0.2, 0.25) is 0 Å². The van der Waals surface area contributed by atoms with Crippen molar-refractivity contribution in [2.75, 3.05) is 26.8 Å². The summed E-state index contributed by atoms with van der Waals surface area (Å²) in [6, 6.07) is 7.30. The van der Waals surface area contributed by atoms with E-state index in [4.69, 9.17) is 9.47 Å². The molecule has 0 aliphatic carbocycles. The smallest absolute Gasteiger partial charge is 0.194 e. The van der Waals surface area contributed by atoms with Gasteiger partial charge in [0.25, 0.3) is 0 Å². The molecule has 200 valence electrons. The molecule has 0 saturated carbocycles. The maximum absolute atomic E-state index is 13.5. The molecule has 2 aromatic carbocycles. The monoisotopic (exact) mass is 518 g/mol. The van der Waals surface area contributed by atoms with Crippen molar-refractivity contribution in [3.8, 4) is 11.5 Å². The van der Waals surface area contributed by atoms with Crippen molar-refractivity contribution >= 4 is 10.9 Å². The summed E-state index contributed by atoms with van der Waals surface area (Å²) in [4.78, 5) is 4.46. The Morgan fingerprint density at radius 1 is 1.08 bits per heavy atom. The molecule has 1 unspecified atom stereocenters. The van der Waals surface area contributed by atoms with Crippen molar-refractivity contribution < 1.29 is 32.9 Å². The fourth-order valence-electron chi connectivity index (χ4n) is 5.33. The number of aromatic nitrogens is 1. The lowest BCUT2D eigenvalue weighted by Gasteiger charge is -2.42. The second-order valence-electron chi connectivity index (χ2n) is 9.62. The van der Waals surface area contributed by atoms with Gasteiger partial charge in [-0.05, 0) is 79.9 Å². The van der Waals surface area contributed by atoms with Gasteiger partial charge in [-0.2, -0.15) is 0 Å². The van der Waals surface area contributed by atoms with Gasteiger partial charge < -0.3 is 25.0 Å². The number of aryl methyl sites for hydroxylation is 1. The van der Waals surface area contributed by atoms with Crippen LogP contribution in [-0.2, 0) is 13.0 Å². The van der Waals surface area contributed by atoms with Crippen molar-refractivity contribution in [3.63, 3.8) is 0 Å². The minimum Gasteiger partial charge on any atom is -0.497 e. The van der Waals surface area contributed by atoms with E-state index < -0.39 is 23.6 Å². The number of aliphatic hydroxyl groups excluding tert-OH is 2. The van der Waals surface area contributed by atoms with E-state index in [1.807, 2.05) is 18.2 Å². The fraction of sp³-hybridized carbons (Fsp3) is 0.464. The highest BCUT2D eigenvalue weighted by Gasteiger charge is 2.38. The molecular formula is C28H33F3N2O4. The second kappa shape index (κ2) is 12.1. The van der Waals surface area contributed by atoms with Crippen LogP contribution in [-0.4, -0.2) is 48.1 Å². The maximum atomic E-state index is 13.5. The van der Waals surface area contributed by atoms with Crippen molar-refractivity contribution in [1.82, 2.24) is 10.3 Å². The van der Waals surface area contributed by atoms with E-state index in [2.05, 4.69) is 10.3 Å². The van der Waals surface area contributed by atoms with Gasteiger partial charge in [-0.1, -0.05) is 0 Å². The highest BCUT2D eigenvalue weighted by Crippen LogP contribution is 2.40. The number of hydrogen-bond donors (Lipinski definition) is 3. The predicted molar refractivity (Wildman–Crippen MR) is 134 cm³/mol. The molecule has 9 heteroatoms. The first-order chi connectivity index (χ1) is 17.9. The van der Waals surface area contributed by atoms with Crippen molar-refractivity contribution in [3.05, 3.63) is 65.1 Å². The number of methoxy groups -OCH3 is 1. The molecular weight excluding hydrogens is 485 g/mol. The van der Waals surface area contributed by atoms with Crippen molar-refractivity contribution in [2.45, 2.75) is 51.2 Å². The summed E-state index contributed by atoms with van der Waals surface area (Å²) in [7, 11) is 1.61. The minimum atomic E-state index is -1.54. The Kier molecular flexibility index (Phi) is 8.89. The number of halogens is 3.